The molecule has 0 spiro atoms. The zero-order valence-electron chi connectivity index (χ0n) is 18.5. The first-order chi connectivity index (χ1) is 15.2. The first-order valence-electron chi connectivity index (χ1n) is 11.5. The highest BCUT2D eigenvalue weighted by molar-refractivity contribution is 7.80. The number of aromatic nitrogens is 2. The van der Waals surface area contributed by atoms with E-state index in [1.807, 2.05) is 0 Å². The highest BCUT2D eigenvalue weighted by Crippen LogP contribution is 2.26. The Labute approximate surface area is 190 Å². The van der Waals surface area contributed by atoms with E-state index in [9.17, 15) is 0 Å². The maximum absolute atomic E-state index is 5.53. The maximum atomic E-state index is 5.53. The lowest BCUT2D eigenvalue weighted by molar-refractivity contribution is 0.0389. The zero-order valence-corrected chi connectivity index (χ0v) is 19.3. The quantitative estimate of drug-likeness (QED) is 0.618. The first kappa shape index (κ1) is 22.4. The fraction of sp³-hybridized carbons (Fsp3) is 0.762. The molecule has 0 unspecified atom stereocenters. The molecule has 3 aliphatic heterocycles. The van der Waals surface area contributed by atoms with Gasteiger partial charge in [-0.3, -0.25) is 4.90 Å². The third kappa shape index (κ3) is 6.61. The van der Waals surface area contributed by atoms with E-state index < -0.39 is 0 Å². The molecule has 1 aromatic heterocycles. The number of thiocarbonyl (C=S) groups is 1. The minimum absolute atomic E-state index is 0.557. The number of morpholine rings is 2. The Hall–Kier alpha value is -1.75. The van der Waals surface area contributed by atoms with Crippen LogP contribution in [0.2, 0.25) is 0 Å². The Bertz CT molecular complexity index is 726. The molecule has 1 atom stereocenters. The van der Waals surface area contributed by atoms with Gasteiger partial charge in [0.15, 0.2) is 5.11 Å². The third-order valence-electron chi connectivity index (χ3n) is 6.06. The number of ether oxygens (including phenoxy) is 2. The summed E-state index contributed by atoms with van der Waals surface area (Å²) in [5.74, 6) is 3.14. The fourth-order valence-corrected chi connectivity index (χ4v) is 4.48. The molecule has 0 aromatic carbocycles. The van der Waals surface area contributed by atoms with Gasteiger partial charge in [-0.15, -0.1) is 0 Å². The molecule has 4 rings (SSSR count). The average molecular weight is 450 g/mol. The number of nitrogens with one attached hydrogen (secondary N) is 2. The fourth-order valence-electron chi connectivity index (χ4n) is 4.29. The van der Waals surface area contributed by atoms with E-state index >= 15 is 0 Å². The van der Waals surface area contributed by atoms with Crippen LogP contribution in [0.15, 0.2) is 6.07 Å². The Morgan fingerprint density at radius 1 is 1.03 bits per heavy atom. The van der Waals surface area contributed by atoms with Gasteiger partial charge in [-0.1, -0.05) is 6.92 Å². The predicted molar refractivity (Wildman–Crippen MR) is 127 cm³/mol. The van der Waals surface area contributed by atoms with Crippen molar-refractivity contribution in [1.82, 2.24) is 20.2 Å². The highest BCUT2D eigenvalue weighted by atomic mass is 32.1. The lowest BCUT2D eigenvalue weighted by Gasteiger charge is -2.33. The third-order valence-corrected chi connectivity index (χ3v) is 6.30. The van der Waals surface area contributed by atoms with Crippen LogP contribution in [0.4, 0.5) is 17.6 Å². The summed E-state index contributed by atoms with van der Waals surface area (Å²) in [6.45, 7) is 12.8. The summed E-state index contributed by atoms with van der Waals surface area (Å²) in [6.07, 6.45) is 2.47. The molecule has 0 radical (unpaired) electrons. The maximum Gasteiger partial charge on any atom is 0.232 e. The van der Waals surface area contributed by atoms with Crippen LogP contribution in [0.1, 0.15) is 19.8 Å². The molecular weight excluding hydrogens is 414 g/mol. The van der Waals surface area contributed by atoms with E-state index in [-0.39, 0.29) is 0 Å². The van der Waals surface area contributed by atoms with Crippen molar-refractivity contribution in [2.75, 3.05) is 93.9 Å². The van der Waals surface area contributed by atoms with Gasteiger partial charge in [0.2, 0.25) is 5.95 Å². The van der Waals surface area contributed by atoms with Crippen molar-refractivity contribution in [3.8, 4) is 0 Å². The zero-order chi connectivity index (χ0) is 21.5. The molecule has 0 bridgehead atoms. The van der Waals surface area contributed by atoms with Crippen LogP contribution in [0.3, 0.4) is 0 Å². The molecule has 0 saturated carbocycles. The van der Waals surface area contributed by atoms with Crippen LogP contribution in [-0.4, -0.2) is 98.8 Å². The largest absolute Gasteiger partial charge is 0.379 e. The second-order valence-electron chi connectivity index (χ2n) is 8.54. The predicted octanol–water partition coefficient (Wildman–Crippen LogP) is 1.17. The average Bonchev–Trinajstić information content (AvgIpc) is 2.80. The summed E-state index contributed by atoms with van der Waals surface area (Å²) in [6, 6.07) is 2.11. The molecule has 4 heterocycles. The minimum Gasteiger partial charge on any atom is -0.379 e. The lowest BCUT2D eigenvalue weighted by atomic mass is 10.0. The molecule has 3 aliphatic rings. The summed E-state index contributed by atoms with van der Waals surface area (Å²) in [7, 11) is 0. The molecule has 2 N–H and O–H groups in total. The lowest BCUT2D eigenvalue weighted by Crippen LogP contribution is -2.42. The Morgan fingerprint density at radius 2 is 1.71 bits per heavy atom. The molecule has 31 heavy (non-hydrogen) atoms. The normalized spacial score (nSPS) is 22.9. The van der Waals surface area contributed by atoms with E-state index in [0.29, 0.717) is 17.0 Å². The molecule has 0 aliphatic carbocycles. The van der Waals surface area contributed by atoms with Crippen molar-refractivity contribution in [1.29, 1.82) is 0 Å². The number of nitrogens with zero attached hydrogens (tertiary/aromatic N) is 5. The van der Waals surface area contributed by atoms with Gasteiger partial charge in [-0.25, -0.2) is 0 Å². The van der Waals surface area contributed by atoms with E-state index in [1.54, 1.807) is 0 Å². The van der Waals surface area contributed by atoms with Gasteiger partial charge in [0, 0.05) is 58.4 Å². The van der Waals surface area contributed by atoms with E-state index in [4.69, 9.17) is 31.7 Å². The second kappa shape index (κ2) is 11.2. The number of anilines is 3. The van der Waals surface area contributed by atoms with Crippen LogP contribution >= 0.6 is 12.2 Å². The minimum atomic E-state index is 0.557. The topological polar surface area (TPSA) is 78.0 Å². The summed E-state index contributed by atoms with van der Waals surface area (Å²) < 4.78 is 10.9. The van der Waals surface area contributed by atoms with Gasteiger partial charge in [0.05, 0.1) is 26.4 Å². The number of hydrogen-bond acceptors (Lipinski definition) is 8. The number of hydrogen-bond donors (Lipinski definition) is 2. The summed E-state index contributed by atoms with van der Waals surface area (Å²) in [5, 5.41) is 7.07. The SMILES string of the molecule is C[C@@H]1CCCN(c2cc(N3CCOCC3)nc(NC(=S)NCCN3CCOCC3)n2)C1. The van der Waals surface area contributed by atoms with Crippen molar-refractivity contribution < 1.29 is 9.47 Å². The summed E-state index contributed by atoms with van der Waals surface area (Å²) in [5.41, 5.74) is 0. The van der Waals surface area contributed by atoms with Crippen LogP contribution in [-0.2, 0) is 9.47 Å². The molecule has 3 fully saturated rings. The monoisotopic (exact) mass is 449 g/mol. The van der Waals surface area contributed by atoms with Gasteiger partial charge < -0.3 is 29.9 Å². The van der Waals surface area contributed by atoms with Crippen molar-refractivity contribution in [3.05, 3.63) is 6.07 Å². The van der Waals surface area contributed by atoms with Crippen LogP contribution in [0.5, 0.6) is 0 Å². The van der Waals surface area contributed by atoms with Crippen molar-refractivity contribution in [2.24, 2.45) is 5.92 Å². The van der Waals surface area contributed by atoms with Crippen molar-refractivity contribution >= 4 is 34.9 Å². The van der Waals surface area contributed by atoms with E-state index in [1.165, 1.54) is 12.8 Å². The summed E-state index contributed by atoms with van der Waals surface area (Å²) >= 11 is 5.53. The molecule has 3 saturated heterocycles. The van der Waals surface area contributed by atoms with E-state index in [0.717, 1.165) is 90.4 Å². The van der Waals surface area contributed by atoms with Crippen molar-refractivity contribution in [2.45, 2.75) is 19.8 Å². The summed E-state index contributed by atoms with van der Waals surface area (Å²) in [4.78, 5) is 16.6. The van der Waals surface area contributed by atoms with Gasteiger partial charge in [0.25, 0.3) is 0 Å². The van der Waals surface area contributed by atoms with Gasteiger partial charge in [-0.05, 0) is 31.0 Å². The van der Waals surface area contributed by atoms with Crippen molar-refractivity contribution in [3.63, 3.8) is 0 Å². The standard InChI is InChI=1S/C21H35N7O2S/c1-17-3-2-5-28(16-17)19-15-18(27-9-13-30-14-10-27)23-20(24-19)25-21(31)22-4-6-26-7-11-29-12-8-26/h15,17H,2-14,16H2,1H3,(H2,22,23,24,25,31)/t17-/m1/s1. The number of rotatable bonds is 6. The number of piperidine rings is 1. The first-order valence-corrected chi connectivity index (χ1v) is 11.9. The van der Waals surface area contributed by atoms with Gasteiger partial charge >= 0.3 is 0 Å². The Morgan fingerprint density at radius 3 is 2.42 bits per heavy atom. The van der Waals surface area contributed by atoms with E-state index in [2.05, 4.69) is 38.3 Å². The smallest absolute Gasteiger partial charge is 0.232 e. The van der Waals surface area contributed by atoms with Crippen LogP contribution in [0.25, 0.3) is 0 Å². The molecule has 172 valence electrons. The molecule has 9 nitrogen and oxygen atoms in total. The van der Waals surface area contributed by atoms with Crippen LogP contribution < -0.4 is 20.4 Å². The van der Waals surface area contributed by atoms with Crippen LogP contribution in [0, 0.1) is 5.92 Å². The van der Waals surface area contributed by atoms with Gasteiger partial charge in [0.1, 0.15) is 11.6 Å². The Balaban J connectivity index is 1.40. The molecule has 1 aromatic rings. The molecular formula is C21H35N7O2S. The molecule has 10 heteroatoms. The van der Waals surface area contributed by atoms with Gasteiger partial charge in [-0.2, -0.15) is 9.97 Å². The highest BCUT2D eigenvalue weighted by Gasteiger charge is 2.21. The second-order valence-corrected chi connectivity index (χ2v) is 8.94. The Kier molecular flexibility index (Phi) is 8.12. The molecule has 0 amide bonds.